The van der Waals surface area contributed by atoms with E-state index in [9.17, 15) is 4.79 Å². The fourth-order valence-corrected chi connectivity index (χ4v) is 2.11. The summed E-state index contributed by atoms with van der Waals surface area (Å²) in [7, 11) is 0. The van der Waals surface area contributed by atoms with Crippen LogP contribution in [0.3, 0.4) is 0 Å². The predicted molar refractivity (Wildman–Crippen MR) is 81.5 cm³/mol. The molecule has 0 aromatic heterocycles. The van der Waals surface area contributed by atoms with Crippen LogP contribution in [0, 0.1) is 6.92 Å². The molecule has 5 N–H and O–H groups in total. The molecule has 0 bridgehead atoms. The number of benzene rings is 2. The molecule has 0 fully saturated rings. The standard InChI is InChI=1S/C14H14BrN3O/c1-8-11(15)3-2-4-13(8)18-9-5-6-12(16)10(7-9)14(17)19/h2-7,18H,16H2,1H3,(H2,17,19). The molecule has 0 atom stereocenters. The number of nitrogens with one attached hydrogen (secondary N) is 1. The maximum absolute atomic E-state index is 11.3. The van der Waals surface area contributed by atoms with Crippen LogP contribution in [0.15, 0.2) is 40.9 Å². The molecule has 0 heterocycles. The van der Waals surface area contributed by atoms with Crippen LogP contribution in [-0.2, 0) is 0 Å². The van der Waals surface area contributed by atoms with Crippen molar-refractivity contribution in [2.45, 2.75) is 6.92 Å². The van der Waals surface area contributed by atoms with Crippen LogP contribution in [0.4, 0.5) is 17.1 Å². The molecular weight excluding hydrogens is 306 g/mol. The molecule has 5 heteroatoms. The second-order valence-corrected chi connectivity index (χ2v) is 5.06. The highest BCUT2D eigenvalue weighted by Crippen LogP contribution is 2.27. The van der Waals surface area contributed by atoms with Crippen molar-refractivity contribution in [3.8, 4) is 0 Å². The summed E-state index contributed by atoms with van der Waals surface area (Å²) in [5, 5.41) is 3.24. The molecule has 0 spiro atoms. The van der Waals surface area contributed by atoms with Gasteiger partial charge in [-0.3, -0.25) is 4.79 Å². The van der Waals surface area contributed by atoms with E-state index in [1.165, 1.54) is 0 Å². The maximum atomic E-state index is 11.3. The van der Waals surface area contributed by atoms with Crippen molar-refractivity contribution in [1.82, 2.24) is 0 Å². The summed E-state index contributed by atoms with van der Waals surface area (Å²) in [6.45, 7) is 2.00. The first-order valence-corrected chi connectivity index (χ1v) is 6.50. The van der Waals surface area contributed by atoms with E-state index in [0.29, 0.717) is 11.3 Å². The lowest BCUT2D eigenvalue weighted by molar-refractivity contribution is 0.100. The normalized spacial score (nSPS) is 10.2. The Morgan fingerprint density at radius 3 is 2.68 bits per heavy atom. The fourth-order valence-electron chi connectivity index (χ4n) is 1.75. The number of hydrogen-bond acceptors (Lipinski definition) is 3. The molecule has 19 heavy (non-hydrogen) atoms. The van der Waals surface area contributed by atoms with Gasteiger partial charge in [0.1, 0.15) is 0 Å². The summed E-state index contributed by atoms with van der Waals surface area (Å²) in [6.07, 6.45) is 0. The number of hydrogen-bond donors (Lipinski definition) is 3. The molecule has 0 aliphatic heterocycles. The van der Waals surface area contributed by atoms with Crippen LogP contribution in [0.5, 0.6) is 0 Å². The Kier molecular flexibility index (Phi) is 3.76. The zero-order chi connectivity index (χ0) is 14.0. The molecule has 2 rings (SSSR count). The van der Waals surface area contributed by atoms with E-state index in [4.69, 9.17) is 11.5 Å². The number of amides is 1. The van der Waals surface area contributed by atoms with E-state index in [-0.39, 0.29) is 0 Å². The second-order valence-electron chi connectivity index (χ2n) is 4.20. The van der Waals surface area contributed by atoms with Gasteiger partial charge < -0.3 is 16.8 Å². The lowest BCUT2D eigenvalue weighted by atomic mass is 10.1. The Morgan fingerprint density at radius 1 is 1.26 bits per heavy atom. The Hall–Kier alpha value is -2.01. The molecule has 0 radical (unpaired) electrons. The fraction of sp³-hybridized carbons (Fsp3) is 0.0714. The summed E-state index contributed by atoms with van der Waals surface area (Å²) in [4.78, 5) is 11.3. The third-order valence-corrected chi connectivity index (χ3v) is 3.72. The quantitative estimate of drug-likeness (QED) is 0.760. The zero-order valence-corrected chi connectivity index (χ0v) is 12.0. The second kappa shape index (κ2) is 5.32. The minimum atomic E-state index is -0.535. The van der Waals surface area contributed by atoms with Crippen molar-refractivity contribution >= 4 is 38.9 Å². The van der Waals surface area contributed by atoms with E-state index < -0.39 is 5.91 Å². The number of halogens is 1. The van der Waals surface area contributed by atoms with Gasteiger partial charge in [0, 0.05) is 21.5 Å². The first kappa shape index (κ1) is 13.4. The Bertz CT molecular complexity index is 641. The minimum absolute atomic E-state index is 0.317. The van der Waals surface area contributed by atoms with Crippen LogP contribution >= 0.6 is 15.9 Å². The van der Waals surface area contributed by atoms with Crippen LogP contribution in [0.25, 0.3) is 0 Å². The number of nitrogens with two attached hydrogens (primary N) is 2. The van der Waals surface area contributed by atoms with Gasteiger partial charge in [0.15, 0.2) is 0 Å². The van der Waals surface area contributed by atoms with Gasteiger partial charge in [-0.25, -0.2) is 0 Å². The van der Waals surface area contributed by atoms with Crippen molar-refractivity contribution in [1.29, 1.82) is 0 Å². The third kappa shape index (κ3) is 2.88. The van der Waals surface area contributed by atoms with Crippen LogP contribution in [-0.4, -0.2) is 5.91 Å². The molecule has 98 valence electrons. The highest BCUT2D eigenvalue weighted by Gasteiger charge is 2.08. The average Bonchev–Trinajstić information content (AvgIpc) is 2.37. The topological polar surface area (TPSA) is 81.1 Å². The van der Waals surface area contributed by atoms with Crippen LogP contribution < -0.4 is 16.8 Å². The zero-order valence-electron chi connectivity index (χ0n) is 10.4. The molecular formula is C14H14BrN3O. The smallest absolute Gasteiger partial charge is 0.250 e. The van der Waals surface area contributed by atoms with Crippen LogP contribution in [0.2, 0.25) is 0 Å². The molecule has 0 saturated heterocycles. The van der Waals surface area contributed by atoms with E-state index >= 15 is 0 Å². The molecule has 2 aromatic carbocycles. The summed E-state index contributed by atoms with van der Waals surface area (Å²) < 4.78 is 1.02. The SMILES string of the molecule is Cc1c(Br)cccc1Nc1ccc(N)c(C(N)=O)c1. The third-order valence-electron chi connectivity index (χ3n) is 2.87. The first-order chi connectivity index (χ1) is 8.99. The Labute approximate surface area is 119 Å². The van der Waals surface area contributed by atoms with Crippen molar-refractivity contribution in [3.05, 3.63) is 52.0 Å². The summed E-state index contributed by atoms with van der Waals surface area (Å²) in [5.74, 6) is -0.535. The Morgan fingerprint density at radius 2 is 2.00 bits per heavy atom. The maximum Gasteiger partial charge on any atom is 0.250 e. The van der Waals surface area contributed by atoms with Gasteiger partial charge in [0.2, 0.25) is 0 Å². The molecule has 1 amide bonds. The number of nitrogen functional groups attached to an aromatic ring is 1. The van der Waals surface area contributed by atoms with Gasteiger partial charge in [-0.15, -0.1) is 0 Å². The van der Waals surface area contributed by atoms with Gasteiger partial charge in [-0.1, -0.05) is 22.0 Å². The van der Waals surface area contributed by atoms with Gasteiger partial charge in [-0.05, 0) is 42.8 Å². The molecule has 2 aromatic rings. The lowest BCUT2D eigenvalue weighted by Crippen LogP contribution is -2.13. The van der Waals surface area contributed by atoms with Gasteiger partial charge in [0.05, 0.1) is 5.56 Å². The monoisotopic (exact) mass is 319 g/mol. The minimum Gasteiger partial charge on any atom is -0.398 e. The highest BCUT2D eigenvalue weighted by molar-refractivity contribution is 9.10. The van der Waals surface area contributed by atoms with Crippen LogP contribution in [0.1, 0.15) is 15.9 Å². The summed E-state index contributed by atoms with van der Waals surface area (Å²) >= 11 is 3.47. The highest BCUT2D eigenvalue weighted by atomic mass is 79.9. The predicted octanol–water partition coefficient (Wildman–Crippen LogP) is 3.18. The number of carbonyl (C=O) groups excluding carboxylic acids is 1. The van der Waals surface area contributed by atoms with Crippen molar-refractivity contribution in [3.63, 3.8) is 0 Å². The van der Waals surface area contributed by atoms with Gasteiger partial charge in [0.25, 0.3) is 5.91 Å². The summed E-state index contributed by atoms with van der Waals surface area (Å²) in [6, 6.07) is 11.0. The Balaban J connectivity index is 2.36. The summed E-state index contributed by atoms with van der Waals surface area (Å²) in [5.41, 5.74) is 14.5. The van der Waals surface area contributed by atoms with E-state index in [0.717, 1.165) is 21.4 Å². The molecule has 0 aliphatic carbocycles. The number of rotatable bonds is 3. The molecule has 0 unspecified atom stereocenters. The molecule has 0 saturated carbocycles. The largest absolute Gasteiger partial charge is 0.398 e. The molecule has 0 aliphatic rings. The first-order valence-electron chi connectivity index (χ1n) is 5.70. The van der Waals surface area contributed by atoms with Gasteiger partial charge >= 0.3 is 0 Å². The number of anilines is 3. The molecule has 4 nitrogen and oxygen atoms in total. The lowest BCUT2D eigenvalue weighted by Gasteiger charge is -2.12. The average molecular weight is 320 g/mol. The van der Waals surface area contributed by atoms with Crippen molar-refractivity contribution in [2.24, 2.45) is 5.73 Å². The number of carbonyl (C=O) groups is 1. The van der Waals surface area contributed by atoms with Crippen molar-refractivity contribution < 1.29 is 4.79 Å². The van der Waals surface area contributed by atoms with E-state index in [2.05, 4.69) is 21.2 Å². The van der Waals surface area contributed by atoms with E-state index in [1.54, 1.807) is 12.1 Å². The number of primary amides is 1. The van der Waals surface area contributed by atoms with E-state index in [1.807, 2.05) is 31.2 Å². The van der Waals surface area contributed by atoms with Crippen molar-refractivity contribution in [2.75, 3.05) is 11.1 Å². The van der Waals surface area contributed by atoms with Gasteiger partial charge in [-0.2, -0.15) is 0 Å².